The minimum Gasteiger partial charge on any atom is -0.0496 e. The minimum absolute atomic E-state index is 1.24. The zero-order valence-electron chi connectivity index (χ0n) is 6.29. The first kappa shape index (κ1) is 4.79. The van der Waals surface area contributed by atoms with Gasteiger partial charge in [0.25, 0.3) is 0 Å². The third kappa shape index (κ3) is 0.320. The van der Waals surface area contributed by atoms with Crippen molar-refractivity contribution >= 4 is 0 Å². The van der Waals surface area contributed by atoms with Gasteiger partial charge in [-0.2, -0.15) is 0 Å². The first-order chi connectivity index (χ1) is 4.95. The average Bonchev–Trinajstić information content (AvgIpc) is 2.53. The second-order valence-electron chi connectivity index (χ2n) is 5.04. The van der Waals surface area contributed by atoms with E-state index in [0.29, 0.717) is 0 Å². The van der Waals surface area contributed by atoms with Crippen LogP contribution in [0.2, 0.25) is 0 Å². The van der Waals surface area contributed by atoms with Crippen LogP contribution in [0, 0.1) is 35.5 Å². The molecule has 10 heavy (non-hydrogen) atoms. The molecule has 0 aromatic heterocycles. The lowest BCUT2D eigenvalue weighted by Crippen LogP contribution is -2.52. The van der Waals surface area contributed by atoms with Gasteiger partial charge in [-0.1, -0.05) is 0 Å². The maximum Gasteiger partial charge on any atom is -0.0321 e. The molecular weight excluding hydrogens is 120 g/mol. The zero-order valence-corrected chi connectivity index (χ0v) is 6.29. The summed E-state index contributed by atoms with van der Waals surface area (Å²) < 4.78 is 0. The Bertz CT molecular complexity index is 196. The van der Waals surface area contributed by atoms with Gasteiger partial charge in [0.15, 0.2) is 0 Å². The number of hydrogen-bond donors (Lipinski definition) is 0. The summed E-state index contributed by atoms with van der Waals surface area (Å²) in [5, 5.41) is 0. The molecule has 0 spiro atoms. The van der Waals surface area contributed by atoms with Crippen LogP contribution >= 0.6 is 0 Å². The quantitative estimate of drug-likeness (QED) is 0.477. The standard InChI is InChI=1S/C10H14/c1-2-7-6(1)9-4-5-3-8(5)10(7)9/h5-10H,1-4H2. The summed E-state index contributed by atoms with van der Waals surface area (Å²) >= 11 is 0. The van der Waals surface area contributed by atoms with Crippen LogP contribution in [0.15, 0.2) is 0 Å². The van der Waals surface area contributed by atoms with E-state index in [0.717, 1.165) is 0 Å². The van der Waals surface area contributed by atoms with E-state index in [1.807, 2.05) is 0 Å². The molecule has 0 radical (unpaired) electrons. The summed E-state index contributed by atoms with van der Waals surface area (Å²) in [5.74, 6) is 7.51. The van der Waals surface area contributed by atoms with Crippen LogP contribution in [0.25, 0.3) is 0 Å². The molecule has 0 aliphatic heterocycles. The Morgan fingerprint density at radius 1 is 0.700 bits per heavy atom. The van der Waals surface area contributed by atoms with Gasteiger partial charge in [0.2, 0.25) is 0 Å². The summed E-state index contributed by atoms with van der Waals surface area (Å²) in [7, 11) is 0. The van der Waals surface area contributed by atoms with Crippen molar-refractivity contribution in [3.05, 3.63) is 0 Å². The molecule has 0 N–H and O–H groups in total. The van der Waals surface area contributed by atoms with Crippen molar-refractivity contribution in [2.45, 2.75) is 25.7 Å². The van der Waals surface area contributed by atoms with Crippen molar-refractivity contribution in [2.75, 3.05) is 0 Å². The second-order valence-corrected chi connectivity index (χ2v) is 5.04. The molecule has 4 aliphatic carbocycles. The molecule has 0 aromatic rings. The highest BCUT2D eigenvalue weighted by Gasteiger charge is 2.67. The molecule has 4 fully saturated rings. The first-order valence-electron chi connectivity index (χ1n) is 4.95. The summed E-state index contributed by atoms with van der Waals surface area (Å²) in [4.78, 5) is 0. The van der Waals surface area contributed by atoms with E-state index < -0.39 is 0 Å². The first-order valence-corrected chi connectivity index (χ1v) is 4.95. The minimum atomic E-state index is 1.24. The molecule has 6 atom stereocenters. The molecule has 4 aliphatic rings. The monoisotopic (exact) mass is 134 g/mol. The van der Waals surface area contributed by atoms with Crippen LogP contribution < -0.4 is 0 Å². The largest absolute Gasteiger partial charge is 0.0496 e. The SMILES string of the molecule is C1CC2C1C1CC3CC3C21. The summed E-state index contributed by atoms with van der Waals surface area (Å²) in [5.41, 5.74) is 0. The van der Waals surface area contributed by atoms with Gasteiger partial charge in [0.05, 0.1) is 0 Å². The van der Waals surface area contributed by atoms with Crippen molar-refractivity contribution in [1.82, 2.24) is 0 Å². The fourth-order valence-electron chi connectivity index (χ4n) is 4.35. The topological polar surface area (TPSA) is 0 Å². The zero-order chi connectivity index (χ0) is 6.29. The van der Waals surface area contributed by atoms with Crippen molar-refractivity contribution in [1.29, 1.82) is 0 Å². The van der Waals surface area contributed by atoms with Crippen molar-refractivity contribution in [3.63, 3.8) is 0 Å². The highest BCUT2D eigenvalue weighted by atomic mass is 14.7. The Kier molecular flexibility index (Phi) is 0.570. The highest BCUT2D eigenvalue weighted by molar-refractivity contribution is 5.16. The van der Waals surface area contributed by atoms with E-state index in [-0.39, 0.29) is 0 Å². The molecular formula is C10H14. The maximum atomic E-state index is 1.65. The van der Waals surface area contributed by atoms with E-state index in [2.05, 4.69) is 0 Å². The molecule has 4 saturated carbocycles. The third-order valence-corrected chi connectivity index (χ3v) is 4.97. The van der Waals surface area contributed by atoms with E-state index in [9.17, 15) is 0 Å². The normalized spacial score (nSPS) is 74.4. The second kappa shape index (κ2) is 1.19. The lowest BCUT2D eigenvalue weighted by Gasteiger charge is -2.58. The molecule has 0 nitrogen and oxygen atoms in total. The Hall–Kier alpha value is 0. The molecule has 54 valence electrons. The van der Waals surface area contributed by atoms with Crippen molar-refractivity contribution < 1.29 is 0 Å². The van der Waals surface area contributed by atoms with Crippen LogP contribution in [0.3, 0.4) is 0 Å². The molecule has 0 saturated heterocycles. The van der Waals surface area contributed by atoms with Gasteiger partial charge < -0.3 is 0 Å². The van der Waals surface area contributed by atoms with Gasteiger partial charge in [-0.15, -0.1) is 0 Å². The van der Waals surface area contributed by atoms with E-state index in [1.54, 1.807) is 25.7 Å². The average molecular weight is 134 g/mol. The van der Waals surface area contributed by atoms with Crippen LogP contribution in [0.4, 0.5) is 0 Å². The molecule has 0 amide bonds. The summed E-state index contributed by atoms with van der Waals surface area (Å²) in [6.07, 6.45) is 6.49. The molecule has 6 unspecified atom stereocenters. The van der Waals surface area contributed by atoms with Gasteiger partial charge in [-0.25, -0.2) is 0 Å². The Morgan fingerprint density at radius 2 is 1.50 bits per heavy atom. The predicted octanol–water partition coefficient (Wildman–Crippen LogP) is 2.30. The van der Waals surface area contributed by atoms with Crippen LogP contribution in [0.1, 0.15) is 25.7 Å². The predicted molar refractivity (Wildman–Crippen MR) is 39.4 cm³/mol. The Labute approximate surface area is 62.0 Å². The van der Waals surface area contributed by atoms with Crippen LogP contribution in [-0.4, -0.2) is 0 Å². The van der Waals surface area contributed by atoms with Gasteiger partial charge in [-0.3, -0.25) is 0 Å². The molecule has 0 heteroatoms. The summed E-state index contributed by atoms with van der Waals surface area (Å²) in [6.45, 7) is 0. The highest BCUT2D eigenvalue weighted by Crippen LogP contribution is 2.74. The smallest absolute Gasteiger partial charge is 0.0321 e. The van der Waals surface area contributed by atoms with E-state index in [1.165, 1.54) is 35.5 Å². The molecule has 4 rings (SSSR count). The number of rotatable bonds is 0. The van der Waals surface area contributed by atoms with Gasteiger partial charge in [0, 0.05) is 0 Å². The van der Waals surface area contributed by atoms with Gasteiger partial charge in [-0.05, 0) is 61.2 Å². The maximum absolute atomic E-state index is 1.65. The molecule has 0 bridgehead atoms. The number of fused-ring (bicyclic) bond motifs is 6. The van der Waals surface area contributed by atoms with Crippen molar-refractivity contribution in [2.24, 2.45) is 35.5 Å². The number of hydrogen-bond acceptors (Lipinski definition) is 0. The fourth-order valence-corrected chi connectivity index (χ4v) is 4.35. The van der Waals surface area contributed by atoms with E-state index in [4.69, 9.17) is 0 Å². The Balaban J connectivity index is 1.73. The van der Waals surface area contributed by atoms with Crippen molar-refractivity contribution in [3.8, 4) is 0 Å². The van der Waals surface area contributed by atoms with Gasteiger partial charge in [0.1, 0.15) is 0 Å². The van der Waals surface area contributed by atoms with Crippen LogP contribution in [0.5, 0.6) is 0 Å². The molecule has 0 heterocycles. The fraction of sp³-hybridized carbons (Fsp3) is 1.00. The lowest BCUT2D eigenvalue weighted by molar-refractivity contribution is -0.0967. The Morgan fingerprint density at radius 3 is 2.20 bits per heavy atom. The summed E-state index contributed by atoms with van der Waals surface area (Å²) in [6, 6.07) is 0. The van der Waals surface area contributed by atoms with Gasteiger partial charge >= 0.3 is 0 Å². The lowest BCUT2D eigenvalue weighted by atomic mass is 9.47. The van der Waals surface area contributed by atoms with E-state index >= 15 is 0 Å². The molecule has 0 aromatic carbocycles. The van der Waals surface area contributed by atoms with Crippen LogP contribution in [-0.2, 0) is 0 Å². The third-order valence-electron chi connectivity index (χ3n) is 4.97.